The van der Waals surface area contributed by atoms with Gasteiger partial charge in [0.15, 0.2) is 0 Å². The van der Waals surface area contributed by atoms with E-state index in [1.54, 1.807) is 18.3 Å². The van der Waals surface area contributed by atoms with E-state index in [-0.39, 0.29) is 18.2 Å². The highest BCUT2D eigenvalue weighted by atomic mass is 19.1. The summed E-state index contributed by atoms with van der Waals surface area (Å²) in [6.07, 6.45) is 2.27. The molecule has 0 radical (unpaired) electrons. The Kier molecular flexibility index (Phi) is 7.16. The van der Waals surface area contributed by atoms with Crippen LogP contribution in [0.15, 0.2) is 72.9 Å². The van der Waals surface area contributed by atoms with Crippen LogP contribution in [0.5, 0.6) is 5.75 Å². The number of nitrogens with zero attached hydrogens (tertiary/aromatic N) is 1. The second-order valence-corrected chi connectivity index (χ2v) is 6.68. The summed E-state index contributed by atoms with van der Waals surface area (Å²) in [4.78, 5) is 15.4. The van der Waals surface area contributed by atoms with Crippen LogP contribution in [0.1, 0.15) is 23.5 Å². The molecule has 150 valence electrons. The molecule has 1 atom stereocenters. The van der Waals surface area contributed by atoms with E-state index in [2.05, 4.69) is 10.3 Å². The van der Waals surface area contributed by atoms with Crippen molar-refractivity contribution in [2.75, 3.05) is 18.5 Å². The van der Waals surface area contributed by atoms with Crippen molar-refractivity contribution in [2.45, 2.75) is 18.8 Å². The van der Waals surface area contributed by atoms with Gasteiger partial charge in [0, 0.05) is 6.20 Å². The number of hydrogen-bond donors (Lipinski definition) is 2. The predicted molar refractivity (Wildman–Crippen MR) is 110 cm³/mol. The van der Waals surface area contributed by atoms with Crippen LogP contribution < -0.4 is 10.1 Å². The number of nitrogens with one attached hydrogen (secondary N) is 1. The molecule has 1 aromatic heterocycles. The molecule has 0 amide bonds. The largest absolute Gasteiger partial charge is 0.492 e. The van der Waals surface area contributed by atoms with Crippen molar-refractivity contribution in [3.8, 4) is 5.75 Å². The van der Waals surface area contributed by atoms with Gasteiger partial charge in [-0.3, -0.25) is 4.79 Å². The molecule has 3 aromatic rings. The summed E-state index contributed by atoms with van der Waals surface area (Å²) in [6.45, 7) is 1.12. The number of pyridine rings is 1. The van der Waals surface area contributed by atoms with Crippen molar-refractivity contribution in [1.82, 2.24) is 4.98 Å². The Morgan fingerprint density at radius 1 is 1.07 bits per heavy atom. The molecule has 2 aromatic carbocycles. The molecule has 1 unspecified atom stereocenters. The SMILES string of the molecule is O=C(O)CC(Cc1ccc(OCCNc2ccccn2)cc1)c1ccc(F)cc1. The van der Waals surface area contributed by atoms with Gasteiger partial charge < -0.3 is 15.2 Å². The molecule has 0 aliphatic carbocycles. The van der Waals surface area contributed by atoms with E-state index < -0.39 is 5.97 Å². The second-order valence-electron chi connectivity index (χ2n) is 6.68. The molecule has 3 rings (SSSR count). The van der Waals surface area contributed by atoms with E-state index in [9.17, 15) is 14.3 Å². The molecular formula is C23H23FN2O3. The zero-order chi connectivity index (χ0) is 20.5. The predicted octanol–water partition coefficient (Wildman–Crippen LogP) is 4.51. The molecule has 2 N–H and O–H groups in total. The first kappa shape index (κ1) is 20.3. The number of aromatic nitrogens is 1. The van der Waals surface area contributed by atoms with Crippen molar-refractivity contribution in [1.29, 1.82) is 0 Å². The van der Waals surface area contributed by atoms with Crippen molar-refractivity contribution in [3.63, 3.8) is 0 Å². The first-order chi connectivity index (χ1) is 14.1. The first-order valence-electron chi connectivity index (χ1n) is 9.44. The average Bonchev–Trinajstić information content (AvgIpc) is 2.73. The molecule has 0 spiro atoms. The van der Waals surface area contributed by atoms with E-state index >= 15 is 0 Å². The topological polar surface area (TPSA) is 71.5 Å². The summed E-state index contributed by atoms with van der Waals surface area (Å²) in [7, 11) is 0. The van der Waals surface area contributed by atoms with Gasteiger partial charge in [0.05, 0.1) is 13.0 Å². The normalized spacial score (nSPS) is 11.6. The molecular weight excluding hydrogens is 371 g/mol. The van der Waals surface area contributed by atoms with E-state index in [0.717, 1.165) is 22.7 Å². The second kappa shape index (κ2) is 10.2. The van der Waals surface area contributed by atoms with E-state index in [4.69, 9.17) is 4.74 Å². The van der Waals surface area contributed by atoms with Crippen molar-refractivity contribution >= 4 is 11.8 Å². The smallest absolute Gasteiger partial charge is 0.303 e. The lowest BCUT2D eigenvalue weighted by molar-refractivity contribution is -0.137. The number of rotatable bonds is 10. The maximum atomic E-state index is 13.2. The average molecular weight is 394 g/mol. The molecule has 0 bridgehead atoms. The fraction of sp³-hybridized carbons (Fsp3) is 0.217. The molecule has 29 heavy (non-hydrogen) atoms. The number of carboxylic acids is 1. The zero-order valence-electron chi connectivity index (χ0n) is 15.9. The van der Waals surface area contributed by atoms with Gasteiger partial charge in [0.25, 0.3) is 0 Å². The molecule has 5 nitrogen and oxygen atoms in total. The number of carboxylic acid groups (broad SMARTS) is 1. The van der Waals surface area contributed by atoms with E-state index in [1.165, 1.54) is 12.1 Å². The molecule has 0 fully saturated rings. The summed E-state index contributed by atoms with van der Waals surface area (Å²) in [5.74, 6) is 0.119. The van der Waals surface area contributed by atoms with Crippen molar-refractivity contribution < 1.29 is 19.0 Å². The number of halogens is 1. The molecule has 0 aliphatic rings. The standard InChI is InChI=1S/C23H23FN2O3/c24-20-8-6-18(7-9-20)19(16-23(27)28)15-17-4-10-21(11-5-17)29-14-13-26-22-3-1-2-12-25-22/h1-12,19H,13-16H2,(H,25,26)(H,27,28). The summed E-state index contributed by atoms with van der Waals surface area (Å²) in [5.41, 5.74) is 1.81. The number of ether oxygens (including phenoxy) is 1. The Balaban J connectivity index is 1.53. The minimum atomic E-state index is -0.875. The summed E-state index contributed by atoms with van der Waals surface area (Å²) in [6, 6.07) is 19.3. The Hall–Kier alpha value is -3.41. The quantitative estimate of drug-likeness (QED) is 0.495. The minimum Gasteiger partial charge on any atom is -0.492 e. The van der Waals surface area contributed by atoms with Gasteiger partial charge in [0.2, 0.25) is 0 Å². The highest BCUT2D eigenvalue weighted by molar-refractivity contribution is 5.68. The van der Waals surface area contributed by atoms with Crippen LogP contribution in [0.25, 0.3) is 0 Å². The van der Waals surface area contributed by atoms with Gasteiger partial charge in [-0.2, -0.15) is 0 Å². The van der Waals surface area contributed by atoms with Crippen LogP contribution in [-0.4, -0.2) is 29.2 Å². The van der Waals surface area contributed by atoms with Gasteiger partial charge in [-0.15, -0.1) is 0 Å². The first-order valence-corrected chi connectivity index (χ1v) is 9.44. The van der Waals surface area contributed by atoms with Gasteiger partial charge in [0.1, 0.15) is 24.0 Å². The maximum Gasteiger partial charge on any atom is 0.303 e. The highest BCUT2D eigenvalue weighted by Gasteiger charge is 2.16. The Morgan fingerprint density at radius 2 is 1.83 bits per heavy atom. The molecule has 1 heterocycles. The molecule has 6 heteroatoms. The summed E-state index contributed by atoms with van der Waals surface area (Å²) >= 11 is 0. The van der Waals surface area contributed by atoms with Gasteiger partial charge in [-0.1, -0.05) is 30.3 Å². The van der Waals surface area contributed by atoms with Crippen LogP contribution in [0.4, 0.5) is 10.2 Å². The third-order valence-electron chi connectivity index (χ3n) is 4.51. The number of anilines is 1. The van der Waals surface area contributed by atoms with Crippen molar-refractivity contribution in [3.05, 3.63) is 89.9 Å². The van der Waals surface area contributed by atoms with Gasteiger partial charge in [-0.05, 0) is 59.9 Å². The third kappa shape index (κ3) is 6.60. The number of aliphatic carboxylic acids is 1. The highest BCUT2D eigenvalue weighted by Crippen LogP contribution is 2.26. The van der Waals surface area contributed by atoms with Gasteiger partial charge >= 0.3 is 5.97 Å². The Labute approximate surface area is 169 Å². The monoisotopic (exact) mass is 394 g/mol. The van der Waals surface area contributed by atoms with Gasteiger partial charge in [-0.25, -0.2) is 9.37 Å². The number of carbonyl (C=O) groups is 1. The van der Waals surface area contributed by atoms with E-state index in [0.29, 0.717) is 19.6 Å². The molecule has 0 saturated carbocycles. The lowest BCUT2D eigenvalue weighted by Gasteiger charge is -2.16. The lowest BCUT2D eigenvalue weighted by Crippen LogP contribution is -2.12. The maximum absolute atomic E-state index is 13.2. The van der Waals surface area contributed by atoms with Crippen LogP contribution in [0, 0.1) is 5.82 Å². The number of benzene rings is 2. The van der Waals surface area contributed by atoms with Crippen LogP contribution >= 0.6 is 0 Å². The summed E-state index contributed by atoms with van der Waals surface area (Å²) in [5, 5.41) is 12.4. The molecule has 0 aliphatic heterocycles. The zero-order valence-corrected chi connectivity index (χ0v) is 15.9. The lowest BCUT2D eigenvalue weighted by atomic mass is 9.89. The summed E-state index contributed by atoms with van der Waals surface area (Å²) < 4.78 is 18.9. The fourth-order valence-electron chi connectivity index (χ4n) is 3.08. The number of hydrogen-bond acceptors (Lipinski definition) is 4. The Bertz CT molecular complexity index is 900. The van der Waals surface area contributed by atoms with Crippen molar-refractivity contribution in [2.24, 2.45) is 0 Å². The van der Waals surface area contributed by atoms with E-state index in [1.807, 2.05) is 42.5 Å². The fourth-order valence-corrected chi connectivity index (χ4v) is 3.08. The molecule has 0 saturated heterocycles. The van der Waals surface area contributed by atoms with Crippen LogP contribution in [-0.2, 0) is 11.2 Å². The third-order valence-corrected chi connectivity index (χ3v) is 4.51. The minimum absolute atomic E-state index is 0.0108. The van der Waals surface area contributed by atoms with Crippen LogP contribution in [0.2, 0.25) is 0 Å². The van der Waals surface area contributed by atoms with Crippen LogP contribution in [0.3, 0.4) is 0 Å². The Morgan fingerprint density at radius 3 is 2.48 bits per heavy atom.